The van der Waals surface area contributed by atoms with Crippen molar-refractivity contribution in [1.29, 1.82) is 0 Å². The SMILES string of the molecule is CC1CCCCC1NCCSc1ccc(Br)cn1. The molecule has 0 aliphatic heterocycles. The molecular weight excluding hydrogens is 308 g/mol. The van der Waals surface area contributed by atoms with Crippen LogP contribution in [0.4, 0.5) is 0 Å². The van der Waals surface area contributed by atoms with Gasteiger partial charge in [0, 0.05) is 29.0 Å². The summed E-state index contributed by atoms with van der Waals surface area (Å²) in [6.45, 7) is 3.46. The smallest absolute Gasteiger partial charge is 0.0961 e. The molecule has 2 unspecified atom stereocenters. The van der Waals surface area contributed by atoms with E-state index in [0.717, 1.165) is 33.8 Å². The summed E-state index contributed by atoms with van der Waals surface area (Å²) in [6.07, 6.45) is 7.40. The minimum absolute atomic E-state index is 0.734. The Labute approximate surface area is 122 Å². The Morgan fingerprint density at radius 3 is 2.94 bits per heavy atom. The summed E-state index contributed by atoms with van der Waals surface area (Å²) in [5, 5.41) is 4.80. The summed E-state index contributed by atoms with van der Waals surface area (Å²) < 4.78 is 1.04. The van der Waals surface area contributed by atoms with Gasteiger partial charge in [-0.1, -0.05) is 19.8 Å². The molecule has 100 valence electrons. The van der Waals surface area contributed by atoms with E-state index in [0.29, 0.717) is 0 Å². The largest absolute Gasteiger partial charge is 0.313 e. The van der Waals surface area contributed by atoms with Gasteiger partial charge in [0.2, 0.25) is 0 Å². The van der Waals surface area contributed by atoms with Gasteiger partial charge in [0.05, 0.1) is 5.03 Å². The van der Waals surface area contributed by atoms with Crippen molar-refractivity contribution >= 4 is 27.7 Å². The van der Waals surface area contributed by atoms with E-state index in [2.05, 4.69) is 39.2 Å². The van der Waals surface area contributed by atoms with Crippen LogP contribution in [0.5, 0.6) is 0 Å². The van der Waals surface area contributed by atoms with Gasteiger partial charge in [0.25, 0.3) is 0 Å². The first-order chi connectivity index (χ1) is 8.75. The predicted octanol–water partition coefficient (Wildman–Crippen LogP) is 4.10. The minimum Gasteiger partial charge on any atom is -0.313 e. The lowest BCUT2D eigenvalue weighted by molar-refractivity contribution is 0.285. The molecule has 1 heterocycles. The van der Waals surface area contributed by atoms with Crippen molar-refractivity contribution in [3.8, 4) is 0 Å². The zero-order valence-electron chi connectivity index (χ0n) is 10.9. The van der Waals surface area contributed by atoms with E-state index >= 15 is 0 Å². The fourth-order valence-corrected chi connectivity index (χ4v) is 3.42. The van der Waals surface area contributed by atoms with E-state index in [-0.39, 0.29) is 0 Å². The molecule has 0 spiro atoms. The lowest BCUT2D eigenvalue weighted by Gasteiger charge is -2.29. The fraction of sp³-hybridized carbons (Fsp3) is 0.643. The Kier molecular flexibility index (Phi) is 5.99. The molecule has 2 nitrogen and oxygen atoms in total. The molecule has 2 rings (SSSR count). The predicted molar refractivity (Wildman–Crippen MR) is 82.1 cm³/mol. The first-order valence-electron chi connectivity index (χ1n) is 6.73. The van der Waals surface area contributed by atoms with E-state index < -0.39 is 0 Å². The van der Waals surface area contributed by atoms with Crippen molar-refractivity contribution in [2.75, 3.05) is 12.3 Å². The van der Waals surface area contributed by atoms with Crippen molar-refractivity contribution in [3.63, 3.8) is 0 Å². The van der Waals surface area contributed by atoms with Crippen LogP contribution >= 0.6 is 27.7 Å². The number of hydrogen-bond acceptors (Lipinski definition) is 3. The van der Waals surface area contributed by atoms with Crippen LogP contribution in [0.25, 0.3) is 0 Å². The fourth-order valence-electron chi connectivity index (χ4n) is 2.47. The van der Waals surface area contributed by atoms with Crippen LogP contribution in [0, 0.1) is 5.92 Å². The summed E-state index contributed by atoms with van der Waals surface area (Å²) in [6, 6.07) is 4.85. The summed E-state index contributed by atoms with van der Waals surface area (Å²) in [4.78, 5) is 4.37. The maximum Gasteiger partial charge on any atom is 0.0961 e. The van der Waals surface area contributed by atoms with Gasteiger partial charge in [-0.05, 0) is 46.8 Å². The van der Waals surface area contributed by atoms with Crippen LogP contribution in [0.3, 0.4) is 0 Å². The number of thioether (sulfide) groups is 1. The highest BCUT2D eigenvalue weighted by atomic mass is 79.9. The highest BCUT2D eigenvalue weighted by molar-refractivity contribution is 9.10. The van der Waals surface area contributed by atoms with Crippen LogP contribution in [0.15, 0.2) is 27.8 Å². The van der Waals surface area contributed by atoms with Crippen LogP contribution in [-0.2, 0) is 0 Å². The summed E-state index contributed by atoms with van der Waals surface area (Å²) in [5.41, 5.74) is 0. The molecule has 4 heteroatoms. The third kappa shape index (κ3) is 4.56. The molecule has 0 bridgehead atoms. The van der Waals surface area contributed by atoms with Crippen LogP contribution in [0.2, 0.25) is 0 Å². The molecule has 1 aliphatic rings. The first-order valence-corrected chi connectivity index (χ1v) is 8.51. The Hall–Kier alpha value is -0.0600. The lowest BCUT2D eigenvalue weighted by atomic mass is 9.86. The normalized spacial score (nSPS) is 24.1. The van der Waals surface area contributed by atoms with Gasteiger partial charge >= 0.3 is 0 Å². The van der Waals surface area contributed by atoms with E-state index in [1.165, 1.54) is 25.7 Å². The first kappa shape index (κ1) is 14.4. The number of rotatable bonds is 5. The van der Waals surface area contributed by atoms with Gasteiger partial charge in [-0.2, -0.15) is 0 Å². The van der Waals surface area contributed by atoms with Gasteiger partial charge in [-0.3, -0.25) is 0 Å². The third-order valence-corrected chi connectivity index (χ3v) is 4.98. The zero-order chi connectivity index (χ0) is 12.8. The maximum absolute atomic E-state index is 4.37. The number of hydrogen-bond donors (Lipinski definition) is 1. The second-order valence-electron chi connectivity index (χ2n) is 4.99. The molecule has 1 aromatic heterocycles. The summed E-state index contributed by atoms with van der Waals surface area (Å²) in [5.74, 6) is 1.94. The van der Waals surface area contributed by atoms with E-state index in [1.54, 1.807) is 0 Å². The van der Waals surface area contributed by atoms with E-state index in [4.69, 9.17) is 0 Å². The monoisotopic (exact) mass is 328 g/mol. The van der Waals surface area contributed by atoms with E-state index in [9.17, 15) is 0 Å². The topological polar surface area (TPSA) is 24.9 Å². The molecule has 18 heavy (non-hydrogen) atoms. The van der Waals surface area contributed by atoms with Crippen molar-refractivity contribution in [2.24, 2.45) is 5.92 Å². The average Bonchev–Trinajstić information content (AvgIpc) is 2.39. The van der Waals surface area contributed by atoms with Crippen molar-refractivity contribution in [1.82, 2.24) is 10.3 Å². The molecule has 1 N–H and O–H groups in total. The highest BCUT2D eigenvalue weighted by Gasteiger charge is 2.19. The molecule has 1 fully saturated rings. The maximum atomic E-state index is 4.37. The number of halogens is 1. The van der Waals surface area contributed by atoms with Crippen LogP contribution < -0.4 is 5.32 Å². The van der Waals surface area contributed by atoms with Crippen molar-refractivity contribution in [3.05, 3.63) is 22.8 Å². The second kappa shape index (κ2) is 7.51. The molecule has 0 radical (unpaired) electrons. The molecule has 1 aliphatic carbocycles. The number of aromatic nitrogens is 1. The third-order valence-electron chi connectivity index (χ3n) is 3.57. The molecule has 2 atom stereocenters. The number of nitrogens with zero attached hydrogens (tertiary/aromatic N) is 1. The Morgan fingerprint density at radius 1 is 1.39 bits per heavy atom. The Morgan fingerprint density at radius 2 is 2.22 bits per heavy atom. The van der Waals surface area contributed by atoms with Gasteiger partial charge in [-0.15, -0.1) is 11.8 Å². The highest BCUT2D eigenvalue weighted by Crippen LogP contribution is 2.24. The van der Waals surface area contributed by atoms with Crippen molar-refractivity contribution < 1.29 is 0 Å². The zero-order valence-corrected chi connectivity index (χ0v) is 13.3. The molecular formula is C14H21BrN2S. The van der Waals surface area contributed by atoms with E-state index in [1.807, 2.05) is 24.0 Å². The van der Waals surface area contributed by atoms with Gasteiger partial charge in [0.15, 0.2) is 0 Å². The molecule has 0 amide bonds. The van der Waals surface area contributed by atoms with Crippen LogP contribution in [0.1, 0.15) is 32.6 Å². The lowest BCUT2D eigenvalue weighted by Crippen LogP contribution is -2.38. The standard InChI is InChI=1S/C14H21BrN2S/c1-11-4-2-3-5-13(11)16-8-9-18-14-7-6-12(15)10-17-14/h6-7,10-11,13,16H,2-5,8-9H2,1H3. The molecule has 1 aromatic rings. The molecule has 1 saturated carbocycles. The molecule has 0 aromatic carbocycles. The summed E-state index contributed by atoms with van der Waals surface area (Å²) in [7, 11) is 0. The second-order valence-corrected chi connectivity index (χ2v) is 7.02. The minimum atomic E-state index is 0.734. The molecule has 0 saturated heterocycles. The average molecular weight is 329 g/mol. The van der Waals surface area contributed by atoms with Gasteiger partial charge in [0.1, 0.15) is 0 Å². The van der Waals surface area contributed by atoms with Crippen molar-refractivity contribution in [2.45, 2.75) is 43.7 Å². The van der Waals surface area contributed by atoms with Gasteiger partial charge in [-0.25, -0.2) is 4.98 Å². The van der Waals surface area contributed by atoms with Crippen LogP contribution in [-0.4, -0.2) is 23.3 Å². The summed E-state index contributed by atoms with van der Waals surface area (Å²) >= 11 is 5.23. The number of pyridine rings is 1. The number of nitrogens with one attached hydrogen (secondary N) is 1. The van der Waals surface area contributed by atoms with Gasteiger partial charge < -0.3 is 5.32 Å². The Balaban J connectivity index is 1.65. The Bertz CT molecular complexity index is 355. The quantitative estimate of drug-likeness (QED) is 0.650.